The Hall–Kier alpha value is -7.76. The third-order valence-electron chi connectivity index (χ3n) is 13.0. The number of rotatable bonds is 28. The molecule has 0 unspecified atom stereocenters. The first-order valence-corrected chi connectivity index (χ1v) is 26.2. The van der Waals surface area contributed by atoms with Crippen LogP contribution in [0.25, 0.3) is 46.4 Å². The molecule has 7 aromatic rings. The fourth-order valence-corrected chi connectivity index (χ4v) is 8.83. The van der Waals surface area contributed by atoms with E-state index in [0.29, 0.717) is 116 Å². The molecule has 76 heavy (non-hydrogen) atoms. The Labute approximate surface area is 444 Å². The van der Waals surface area contributed by atoms with E-state index < -0.39 is 0 Å². The summed E-state index contributed by atoms with van der Waals surface area (Å²) in [5, 5.41) is 0. The topological polar surface area (TPSA) is 147 Å². The zero-order chi connectivity index (χ0) is 52.3. The summed E-state index contributed by atoms with van der Waals surface area (Å²) in [5.41, 5.74) is 9.89. The quantitative estimate of drug-likeness (QED) is 0.0376. The second kappa shape index (κ2) is 27.2. The van der Waals surface area contributed by atoms with Crippen molar-refractivity contribution in [1.82, 2.24) is 19.9 Å². The molecule has 0 aliphatic carbocycles. The van der Waals surface area contributed by atoms with Gasteiger partial charge in [-0.15, -0.1) is 0 Å². The second-order valence-corrected chi connectivity index (χ2v) is 18.3. The van der Waals surface area contributed by atoms with Crippen molar-refractivity contribution >= 4 is 46.4 Å². The van der Waals surface area contributed by atoms with Crippen molar-refractivity contribution < 1.29 is 56.2 Å². The van der Waals surface area contributed by atoms with Gasteiger partial charge < -0.3 is 47.9 Å². The maximum absolute atomic E-state index is 6.65. The van der Waals surface area contributed by atoms with Crippen molar-refractivity contribution in [3.63, 3.8) is 0 Å². The lowest BCUT2D eigenvalue weighted by atomic mass is 10.3. The van der Waals surface area contributed by atoms with Crippen LogP contribution in [-0.4, -0.2) is 99.2 Å². The van der Waals surface area contributed by atoms with Crippen LogP contribution in [0.5, 0.6) is 23.0 Å². The summed E-state index contributed by atoms with van der Waals surface area (Å²) in [7, 11) is 0. The maximum Gasteiger partial charge on any atom is 0.178 e. The van der Waals surface area contributed by atoms with Crippen LogP contribution >= 0.6 is 0 Å². The van der Waals surface area contributed by atoms with Gasteiger partial charge in [0.05, 0.1) is 48.5 Å². The molecule has 0 aromatic carbocycles. The molecule has 0 radical (unpaired) electrons. The van der Waals surface area contributed by atoms with Crippen LogP contribution in [0.4, 0.5) is 0 Å². The Morgan fingerprint density at radius 1 is 0.316 bits per heavy atom. The molecule has 2 aliphatic heterocycles. The summed E-state index contributed by atoms with van der Waals surface area (Å²) in [4.78, 5) is 17.6. The standard InChI is InChI=1S/C60H70N8O8/c1-45-13-5-9-25-65(45)29-33-69-37-41-73-57-49-17-19-51(61-49)58(74-42-38-70-34-30-66-26-10-6-14-46(66)2)53-21-23-55(63-53)60(76-44-40-72-36-32-68-28-12-8-16-48(68)4)56-24-22-54(64-56)59(52-20-18-50(57)62-52)75-43-39-71-35-31-67-27-11-7-15-47(67)3/h5-28,61-62H,29-44H2,1-4H3/q+4. The van der Waals surface area contributed by atoms with Crippen LogP contribution in [0.2, 0.25) is 0 Å². The fraction of sp³-hybridized carbons (Fsp3) is 0.333. The molecular formula is C60H70N8O8+4. The molecule has 394 valence electrons. The van der Waals surface area contributed by atoms with Crippen LogP contribution in [0, 0.1) is 27.7 Å². The molecule has 9 rings (SSSR count). The summed E-state index contributed by atoms with van der Waals surface area (Å²) in [6.45, 7) is 16.0. The van der Waals surface area contributed by atoms with Gasteiger partial charge in [0, 0.05) is 76.2 Å². The predicted molar refractivity (Wildman–Crippen MR) is 290 cm³/mol. The van der Waals surface area contributed by atoms with Gasteiger partial charge in [-0.1, -0.05) is 24.3 Å². The molecule has 0 spiro atoms. The summed E-state index contributed by atoms with van der Waals surface area (Å²) in [6.07, 6.45) is 16.0. The number of aromatic nitrogens is 8. The van der Waals surface area contributed by atoms with Crippen LogP contribution in [0.3, 0.4) is 0 Å². The number of ether oxygens (including phenoxy) is 8. The van der Waals surface area contributed by atoms with E-state index in [1.54, 1.807) is 0 Å². The number of pyridine rings is 4. The van der Waals surface area contributed by atoms with Crippen LogP contribution < -0.4 is 37.2 Å². The highest BCUT2D eigenvalue weighted by atomic mass is 16.5. The lowest BCUT2D eigenvalue weighted by Gasteiger charge is -2.10. The highest BCUT2D eigenvalue weighted by Crippen LogP contribution is 2.36. The maximum atomic E-state index is 6.65. The SMILES string of the molecule is Cc1cccc[n+]1CCOCCOc1c2nc(c(OCCOCC[n+]3ccccc3C)c3ccc([nH]3)c(OCCOCC[n+]3ccccc3C)c3ccc([nH]3)c(OCCOCC[n+]3ccccc3C)c3nc1C=C3)C=C2. The van der Waals surface area contributed by atoms with E-state index in [1.807, 2.05) is 97.1 Å². The van der Waals surface area contributed by atoms with E-state index in [9.17, 15) is 0 Å². The molecular weight excluding hydrogens is 961 g/mol. The van der Waals surface area contributed by atoms with Crippen molar-refractivity contribution in [2.45, 2.75) is 53.9 Å². The number of aromatic amines is 2. The zero-order valence-electron chi connectivity index (χ0n) is 44.1. The van der Waals surface area contributed by atoms with Gasteiger partial charge >= 0.3 is 0 Å². The van der Waals surface area contributed by atoms with Gasteiger partial charge in [-0.3, -0.25) is 0 Å². The summed E-state index contributed by atoms with van der Waals surface area (Å²) >= 11 is 0. The molecule has 8 bridgehead atoms. The van der Waals surface area contributed by atoms with Gasteiger partial charge in [-0.2, -0.15) is 0 Å². The minimum atomic E-state index is 0.268. The Morgan fingerprint density at radius 2 is 0.592 bits per heavy atom. The van der Waals surface area contributed by atoms with Gasteiger partial charge in [0.2, 0.25) is 0 Å². The third kappa shape index (κ3) is 14.3. The molecule has 2 aliphatic rings. The van der Waals surface area contributed by atoms with Gasteiger partial charge in [0.1, 0.15) is 75.6 Å². The van der Waals surface area contributed by atoms with Crippen molar-refractivity contribution in [3.05, 3.63) is 167 Å². The molecule has 0 fully saturated rings. The highest BCUT2D eigenvalue weighted by Gasteiger charge is 2.20. The van der Waals surface area contributed by atoms with Crippen molar-refractivity contribution in [1.29, 1.82) is 0 Å². The first-order valence-electron chi connectivity index (χ1n) is 26.2. The molecule has 0 amide bonds. The van der Waals surface area contributed by atoms with E-state index >= 15 is 0 Å². The van der Waals surface area contributed by atoms with Gasteiger partial charge in [-0.25, -0.2) is 28.2 Å². The van der Waals surface area contributed by atoms with Crippen molar-refractivity contribution in [2.75, 3.05) is 79.3 Å². The lowest BCUT2D eigenvalue weighted by molar-refractivity contribution is -0.704. The molecule has 16 heteroatoms. The Morgan fingerprint density at radius 3 is 0.908 bits per heavy atom. The average Bonchev–Trinajstić information content (AvgIpc) is 4.30. The van der Waals surface area contributed by atoms with Crippen molar-refractivity contribution in [3.8, 4) is 23.0 Å². The largest absolute Gasteiger partial charge is 0.487 e. The summed E-state index contributed by atoms with van der Waals surface area (Å²) < 4.78 is 59.5. The Kier molecular flexibility index (Phi) is 19.0. The molecule has 7 aromatic heterocycles. The van der Waals surface area contributed by atoms with E-state index in [4.69, 9.17) is 47.9 Å². The summed E-state index contributed by atoms with van der Waals surface area (Å²) in [5.74, 6) is 2.17. The van der Waals surface area contributed by atoms with E-state index in [0.717, 1.165) is 37.2 Å². The molecule has 0 saturated heterocycles. The molecule has 16 nitrogen and oxygen atoms in total. The predicted octanol–water partition coefficient (Wildman–Crippen LogP) is 7.42. The van der Waals surface area contributed by atoms with Gasteiger partial charge in [-0.05, 0) is 48.6 Å². The fourth-order valence-electron chi connectivity index (χ4n) is 8.83. The van der Waals surface area contributed by atoms with Gasteiger partial charge in [0.15, 0.2) is 96.7 Å². The average molecular weight is 1030 g/mol. The van der Waals surface area contributed by atoms with E-state index in [2.05, 4.69) is 105 Å². The van der Waals surface area contributed by atoms with Gasteiger partial charge in [0.25, 0.3) is 0 Å². The van der Waals surface area contributed by atoms with Crippen LogP contribution in [0.15, 0.2) is 122 Å². The number of aryl methyl sites for hydroxylation is 4. The number of H-pyrrole nitrogens is 2. The lowest BCUT2D eigenvalue weighted by Crippen LogP contribution is -2.38. The highest BCUT2D eigenvalue weighted by molar-refractivity contribution is 5.87. The number of nitrogens with one attached hydrogen (secondary N) is 2. The monoisotopic (exact) mass is 1030 g/mol. The Bertz CT molecular complexity index is 3120. The second-order valence-electron chi connectivity index (χ2n) is 18.3. The van der Waals surface area contributed by atoms with Crippen molar-refractivity contribution in [2.24, 2.45) is 0 Å². The van der Waals surface area contributed by atoms with E-state index in [1.165, 1.54) is 22.8 Å². The summed E-state index contributed by atoms with van der Waals surface area (Å²) in [6, 6.07) is 32.5. The van der Waals surface area contributed by atoms with E-state index in [-0.39, 0.29) is 19.8 Å². The third-order valence-corrected chi connectivity index (χ3v) is 13.0. The number of nitrogens with zero attached hydrogens (tertiary/aromatic N) is 6. The zero-order valence-corrected chi connectivity index (χ0v) is 44.1. The first-order chi connectivity index (χ1) is 37.4. The number of fused-ring (bicyclic) bond motifs is 8. The molecule has 2 N–H and O–H groups in total. The van der Waals surface area contributed by atoms with Crippen LogP contribution in [0.1, 0.15) is 45.6 Å². The number of hydrogen-bond acceptors (Lipinski definition) is 10. The smallest absolute Gasteiger partial charge is 0.178 e. The minimum Gasteiger partial charge on any atom is -0.487 e. The molecule has 0 saturated carbocycles. The normalized spacial score (nSPS) is 11.8. The Balaban J connectivity index is 1.03. The molecule has 0 atom stereocenters. The first kappa shape index (κ1) is 53.1. The molecule has 9 heterocycles. The number of hydrogen-bond donors (Lipinski definition) is 2. The van der Waals surface area contributed by atoms with Crippen LogP contribution in [-0.2, 0) is 45.1 Å². The minimum absolute atomic E-state index is 0.268.